The van der Waals surface area contributed by atoms with E-state index < -0.39 is 17.8 Å². The molecule has 0 radical (unpaired) electrons. The second kappa shape index (κ2) is 4.36. The van der Waals surface area contributed by atoms with E-state index in [4.69, 9.17) is 5.11 Å². The Kier molecular flexibility index (Phi) is 3.17. The number of amides is 2. The van der Waals surface area contributed by atoms with Gasteiger partial charge in [-0.2, -0.15) is 0 Å². The second-order valence-electron chi connectivity index (χ2n) is 2.86. The molecule has 1 aromatic carbocycles. The Morgan fingerprint density at radius 2 is 1.67 bits per heavy atom. The Bertz CT molecular complexity index is 425. The van der Waals surface area contributed by atoms with E-state index in [0.29, 0.717) is 0 Å². The number of carbonyl (C=O) groups is 3. The van der Waals surface area contributed by atoms with E-state index in [1.807, 2.05) is 5.32 Å². The van der Waals surface area contributed by atoms with Crippen molar-refractivity contribution in [2.75, 3.05) is 0 Å². The van der Waals surface area contributed by atoms with Crippen molar-refractivity contribution in [1.29, 1.82) is 0 Å². The van der Waals surface area contributed by atoms with Crippen molar-refractivity contribution in [1.82, 2.24) is 5.32 Å². The number of aromatic carboxylic acids is 1. The predicted molar refractivity (Wildman–Crippen MR) is 51.5 cm³/mol. The summed E-state index contributed by atoms with van der Waals surface area (Å²) < 4.78 is 0. The zero-order valence-corrected chi connectivity index (χ0v) is 7.98. The summed E-state index contributed by atoms with van der Waals surface area (Å²) in [5.74, 6) is -2.44. The average molecular weight is 207 g/mol. The number of carboxylic acid groups (broad SMARTS) is 1. The Hall–Kier alpha value is -2.17. The minimum absolute atomic E-state index is 0.0276. The van der Waals surface area contributed by atoms with Crippen molar-refractivity contribution >= 4 is 17.8 Å². The van der Waals surface area contributed by atoms with Gasteiger partial charge in [-0.1, -0.05) is 12.1 Å². The van der Waals surface area contributed by atoms with Gasteiger partial charge in [-0.25, -0.2) is 4.79 Å². The van der Waals surface area contributed by atoms with Gasteiger partial charge in [-0.05, 0) is 12.1 Å². The molecule has 0 saturated carbocycles. The molecule has 0 saturated heterocycles. The first-order valence-electron chi connectivity index (χ1n) is 4.16. The molecular formula is C10H9NO4. The molecule has 2 amide bonds. The van der Waals surface area contributed by atoms with Crippen LogP contribution in [0.5, 0.6) is 0 Å². The maximum atomic E-state index is 11.4. The number of rotatable bonds is 2. The highest BCUT2D eigenvalue weighted by atomic mass is 16.4. The van der Waals surface area contributed by atoms with E-state index in [0.717, 1.165) is 0 Å². The molecule has 1 rings (SSSR count). The van der Waals surface area contributed by atoms with Crippen molar-refractivity contribution in [2.24, 2.45) is 0 Å². The van der Waals surface area contributed by atoms with Crippen molar-refractivity contribution in [3.63, 3.8) is 0 Å². The van der Waals surface area contributed by atoms with Gasteiger partial charge in [0.2, 0.25) is 5.91 Å². The molecule has 0 aromatic heterocycles. The SMILES string of the molecule is CC(=O)NC(=O)c1ccccc1C(=O)O. The van der Waals surface area contributed by atoms with Gasteiger partial charge in [-0.15, -0.1) is 0 Å². The number of nitrogens with one attached hydrogen (secondary N) is 1. The third kappa shape index (κ3) is 2.63. The fourth-order valence-corrected chi connectivity index (χ4v) is 1.09. The van der Waals surface area contributed by atoms with E-state index >= 15 is 0 Å². The predicted octanol–water partition coefficient (Wildman–Crippen LogP) is 0.661. The summed E-state index contributed by atoms with van der Waals surface area (Å²) in [7, 11) is 0. The number of carboxylic acids is 1. The summed E-state index contributed by atoms with van der Waals surface area (Å²) in [6.07, 6.45) is 0. The van der Waals surface area contributed by atoms with E-state index in [-0.39, 0.29) is 11.1 Å². The highest BCUT2D eigenvalue weighted by molar-refractivity contribution is 6.09. The molecule has 0 fully saturated rings. The topological polar surface area (TPSA) is 83.5 Å². The van der Waals surface area contributed by atoms with Crippen LogP contribution >= 0.6 is 0 Å². The Balaban J connectivity index is 3.08. The average Bonchev–Trinajstić information content (AvgIpc) is 2.16. The fourth-order valence-electron chi connectivity index (χ4n) is 1.09. The summed E-state index contributed by atoms with van der Waals surface area (Å²) in [6, 6.07) is 5.69. The summed E-state index contributed by atoms with van der Waals surface area (Å²) in [5, 5.41) is 10.8. The van der Waals surface area contributed by atoms with E-state index in [1.54, 1.807) is 0 Å². The molecule has 2 N–H and O–H groups in total. The van der Waals surface area contributed by atoms with Gasteiger partial charge in [0.25, 0.3) is 5.91 Å². The van der Waals surface area contributed by atoms with Gasteiger partial charge in [0.1, 0.15) is 0 Å². The number of imide groups is 1. The van der Waals surface area contributed by atoms with Gasteiger partial charge in [0.05, 0.1) is 11.1 Å². The highest BCUT2D eigenvalue weighted by Crippen LogP contribution is 2.08. The van der Waals surface area contributed by atoms with E-state index in [2.05, 4.69) is 0 Å². The van der Waals surface area contributed by atoms with E-state index in [9.17, 15) is 14.4 Å². The monoisotopic (exact) mass is 207 g/mol. The third-order valence-electron chi connectivity index (χ3n) is 1.69. The van der Waals surface area contributed by atoms with Gasteiger partial charge in [-0.3, -0.25) is 14.9 Å². The van der Waals surface area contributed by atoms with Crippen LogP contribution < -0.4 is 5.32 Å². The van der Waals surface area contributed by atoms with Crippen LogP contribution in [-0.4, -0.2) is 22.9 Å². The molecule has 0 aliphatic rings. The third-order valence-corrected chi connectivity index (χ3v) is 1.69. The first kappa shape index (κ1) is 10.9. The first-order valence-corrected chi connectivity index (χ1v) is 4.16. The highest BCUT2D eigenvalue weighted by Gasteiger charge is 2.15. The summed E-state index contributed by atoms with van der Waals surface area (Å²) in [4.78, 5) is 32.8. The number of hydrogen-bond donors (Lipinski definition) is 2. The Labute approximate surface area is 85.7 Å². The summed E-state index contributed by atoms with van der Waals surface area (Å²) >= 11 is 0. The van der Waals surface area contributed by atoms with E-state index in [1.165, 1.54) is 31.2 Å². The molecule has 78 valence electrons. The lowest BCUT2D eigenvalue weighted by Crippen LogP contribution is -2.29. The van der Waals surface area contributed by atoms with Crippen LogP contribution in [0.3, 0.4) is 0 Å². The Morgan fingerprint density at radius 3 is 2.13 bits per heavy atom. The summed E-state index contributed by atoms with van der Waals surface area (Å²) in [5.41, 5.74) is -0.156. The van der Waals surface area contributed by atoms with Crippen molar-refractivity contribution < 1.29 is 19.5 Å². The zero-order valence-electron chi connectivity index (χ0n) is 7.98. The molecule has 0 heterocycles. The van der Waals surface area contributed by atoms with Gasteiger partial charge in [0, 0.05) is 6.92 Å². The maximum absolute atomic E-state index is 11.4. The molecule has 0 unspecified atom stereocenters. The van der Waals surface area contributed by atoms with Crippen LogP contribution in [0.1, 0.15) is 27.6 Å². The molecule has 0 spiro atoms. The lowest BCUT2D eigenvalue weighted by atomic mass is 10.1. The molecular weight excluding hydrogens is 198 g/mol. The normalized spacial score (nSPS) is 9.40. The largest absolute Gasteiger partial charge is 0.478 e. The van der Waals surface area contributed by atoms with Gasteiger partial charge >= 0.3 is 5.97 Å². The van der Waals surface area contributed by atoms with Gasteiger partial charge in [0.15, 0.2) is 0 Å². The van der Waals surface area contributed by atoms with Crippen LogP contribution in [0.25, 0.3) is 0 Å². The van der Waals surface area contributed by atoms with Crippen LogP contribution in [0.4, 0.5) is 0 Å². The Morgan fingerprint density at radius 1 is 1.13 bits per heavy atom. The fraction of sp³-hybridized carbons (Fsp3) is 0.100. The van der Waals surface area contributed by atoms with Crippen LogP contribution in [0, 0.1) is 0 Å². The van der Waals surface area contributed by atoms with Crippen LogP contribution in [-0.2, 0) is 4.79 Å². The van der Waals surface area contributed by atoms with Gasteiger partial charge < -0.3 is 5.11 Å². The minimum atomic E-state index is -1.20. The number of benzene rings is 1. The first-order chi connectivity index (χ1) is 7.02. The lowest BCUT2D eigenvalue weighted by molar-refractivity contribution is -0.118. The van der Waals surface area contributed by atoms with Crippen LogP contribution in [0.15, 0.2) is 24.3 Å². The number of carbonyl (C=O) groups excluding carboxylic acids is 2. The molecule has 0 atom stereocenters. The molecule has 1 aromatic rings. The quantitative estimate of drug-likeness (QED) is 0.746. The van der Waals surface area contributed by atoms with Crippen molar-refractivity contribution in [3.05, 3.63) is 35.4 Å². The molecule has 0 bridgehead atoms. The smallest absolute Gasteiger partial charge is 0.336 e. The summed E-state index contributed by atoms with van der Waals surface area (Å²) in [6.45, 7) is 1.18. The molecule has 5 nitrogen and oxygen atoms in total. The van der Waals surface area contributed by atoms with Crippen molar-refractivity contribution in [3.8, 4) is 0 Å². The molecule has 15 heavy (non-hydrogen) atoms. The minimum Gasteiger partial charge on any atom is -0.478 e. The lowest BCUT2D eigenvalue weighted by Gasteiger charge is -2.04. The van der Waals surface area contributed by atoms with Crippen molar-refractivity contribution in [2.45, 2.75) is 6.92 Å². The molecule has 5 heteroatoms. The molecule has 0 aliphatic carbocycles. The standard InChI is InChI=1S/C10H9NO4/c1-6(12)11-9(13)7-4-2-3-5-8(7)10(14)15/h2-5H,1H3,(H,14,15)(H,11,12,13). The second-order valence-corrected chi connectivity index (χ2v) is 2.86. The molecule has 0 aliphatic heterocycles. The van der Waals surface area contributed by atoms with Crippen LogP contribution in [0.2, 0.25) is 0 Å². The maximum Gasteiger partial charge on any atom is 0.336 e. The number of hydrogen-bond acceptors (Lipinski definition) is 3. The zero-order chi connectivity index (χ0) is 11.4.